The highest BCUT2D eigenvalue weighted by molar-refractivity contribution is 6.03. The number of aryl methyl sites for hydroxylation is 3. The minimum atomic E-state index is -0.326. The van der Waals surface area contributed by atoms with Gasteiger partial charge in [-0.3, -0.25) is 14.4 Å². The zero-order valence-corrected chi connectivity index (χ0v) is 21.5. The van der Waals surface area contributed by atoms with Crippen molar-refractivity contribution in [1.82, 2.24) is 5.32 Å². The van der Waals surface area contributed by atoms with E-state index in [1.165, 1.54) is 7.11 Å². The Bertz CT molecular complexity index is 1080. The van der Waals surface area contributed by atoms with Crippen molar-refractivity contribution in [1.29, 1.82) is 0 Å². The van der Waals surface area contributed by atoms with Crippen LogP contribution in [0.3, 0.4) is 0 Å². The Morgan fingerprint density at radius 2 is 1.69 bits per heavy atom. The number of nitrogens with one attached hydrogen (secondary N) is 2. The molecule has 0 saturated heterocycles. The predicted octanol–water partition coefficient (Wildman–Crippen LogP) is 5.27. The van der Waals surface area contributed by atoms with Crippen LogP contribution >= 0.6 is 0 Å². The van der Waals surface area contributed by atoms with Crippen LogP contribution in [0.2, 0.25) is 0 Å². The summed E-state index contributed by atoms with van der Waals surface area (Å²) in [6.07, 6.45) is 3.33. The van der Waals surface area contributed by atoms with Crippen molar-refractivity contribution in [2.45, 2.75) is 58.8 Å². The summed E-state index contributed by atoms with van der Waals surface area (Å²) in [6.45, 7) is 12.1. The first kappa shape index (κ1) is 27.6. The molecule has 1 aliphatic carbocycles. The summed E-state index contributed by atoms with van der Waals surface area (Å²) >= 11 is 0. The summed E-state index contributed by atoms with van der Waals surface area (Å²) in [5.74, 6) is 1.54. The summed E-state index contributed by atoms with van der Waals surface area (Å²) in [7, 11) is 2.97. The Hall–Kier alpha value is -3.61. The van der Waals surface area contributed by atoms with Crippen LogP contribution in [0, 0.1) is 20.8 Å². The van der Waals surface area contributed by atoms with E-state index in [4.69, 9.17) is 9.53 Å². The van der Waals surface area contributed by atoms with E-state index in [1.54, 1.807) is 7.05 Å². The molecule has 7 heteroatoms. The SMILES string of the molecule is C=C(NC)C(=O)Nc1cc(C)c(Oc2ccc(C)c(C3(C(=O)CCC)CC3)c2)c(C)c1.COC=O. The molecule has 1 aliphatic rings. The molecule has 188 valence electrons. The highest BCUT2D eigenvalue weighted by Crippen LogP contribution is 2.52. The summed E-state index contributed by atoms with van der Waals surface area (Å²) < 4.78 is 10.1. The first-order valence-corrected chi connectivity index (χ1v) is 11.7. The normalized spacial score (nSPS) is 13.0. The van der Waals surface area contributed by atoms with Crippen molar-refractivity contribution in [2.75, 3.05) is 19.5 Å². The summed E-state index contributed by atoms with van der Waals surface area (Å²) in [6, 6.07) is 9.77. The molecule has 0 radical (unpaired) electrons. The average Bonchev–Trinajstić information content (AvgIpc) is 3.64. The van der Waals surface area contributed by atoms with Gasteiger partial charge in [0.15, 0.2) is 0 Å². The van der Waals surface area contributed by atoms with Crippen LogP contribution in [0.5, 0.6) is 11.5 Å². The van der Waals surface area contributed by atoms with Crippen molar-refractivity contribution in [3.05, 3.63) is 64.9 Å². The molecule has 0 aromatic heterocycles. The Balaban J connectivity index is 0.00000100. The van der Waals surface area contributed by atoms with Crippen LogP contribution in [-0.2, 0) is 24.5 Å². The van der Waals surface area contributed by atoms with E-state index < -0.39 is 0 Å². The highest BCUT2D eigenvalue weighted by atomic mass is 16.5. The number of carbonyl (C=O) groups excluding carboxylic acids is 3. The summed E-state index contributed by atoms with van der Waals surface area (Å²) in [4.78, 5) is 33.8. The van der Waals surface area contributed by atoms with E-state index in [0.717, 1.165) is 53.0 Å². The van der Waals surface area contributed by atoms with Gasteiger partial charge < -0.3 is 20.1 Å². The van der Waals surface area contributed by atoms with Crippen molar-refractivity contribution in [3.8, 4) is 11.5 Å². The molecule has 35 heavy (non-hydrogen) atoms. The maximum absolute atomic E-state index is 12.8. The molecule has 1 fully saturated rings. The van der Waals surface area contributed by atoms with Crippen LogP contribution in [0.15, 0.2) is 42.6 Å². The fraction of sp³-hybridized carbons (Fsp3) is 0.393. The molecule has 0 spiro atoms. The number of ether oxygens (including phenoxy) is 2. The lowest BCUT2D eigenvalue weighted by Crippen LogP contribution is -2.22. The van der Waals surface area contributed by atoms with Crippen molar-refractivity contribution in [2.24, 2.45) is 0 Å². The van der Waals surface area contributed by atoms with Gasteiger partial charge in [0.2, 0.25) is 0 Å². The van der Waals surface area contributed by atoms with Crippen LogP contribution in [0.4, 0.5) is 5.69 Å². The highest BCUT2D eigenvalue weighted by Gasteiger charge is 2.50. The molecule has 2 N–H and O–H groups in total. The molecule has 0 atom stereocenters. The minimum Gasteiger partial charge on any atom is -0.471 e. The minimum absolute atomic E-state index is 0.273. The predicted molar refractivity (Wildman–Crippen MR) is 138 cm³/mol. The first-order chi connectivity index (χ1) is 16.6. The van der Waals surface area contributed by atoms with Crippen LogP contribution in [0.1, 0.15) is 54.9 Å². The number of hydrogen-bond donors (Lipinski definition) is 2. The molecule has 3 rings (SSSR count). The summed E-state index contributed by atoms with van der Waals surface area (Å²) in [5, 5.41) is 5.59. The number of ketones is 1. The average molecular weight is 481 g/mol. The fourth-order valence-electron chi connectivity index (χ4n) is 4.09. The van der Waals surface area contributed by atoms with Gasteiger partial charge in [0.05, 0.1) is 18.2 Å². The number of carbonyl (C=O) groups is 3. The number of anilines is 1. The van der Waals surface area contributed by atoms with E-state index in [9.17, 15) is 9.59 Å². The molecule has 1 saturated carbocycles. The largest absolute Gasteiger partial charge is 0.471 e. The number of rotatable bonds is 10. The lowest BCUT2D eigenvalue weighted by atomic mass is 9.86. The number of hydrogen-bond acceptors (Lipinski definition) is 6. The Morgan fingerprint density at radius 1 is 1.09 bits per heavy atom. The van der Waals surface area contributed by atoms with Gasteiger partial charge in [0, 0.05) is 19.2 Å². The van der Waals surface area contributed by atoms with Gasteiger partial charge >= 0.3 is 0 Å². The summed E-state index contributed by atoms with van der Waals surface area (Å²) in [5.41, 5.74) is 4.71. The molecule has 2 aromatic carbocycles. The second-order valence-electron chi connectivity index (χ2n) is 8.79. The van der Waals surface area contributed by atoms with E-state index >= 15 is 0 Å². The number of methoxy groups -OCH3 is 1. The topological polar surface area (TPSA) is 93.7 Å². The first-order valence-electron chi connectivity index (χ1n) is 11.7. The van der Waals surface area contributed by atoms with Gasteiger partial charge in [-0.25, -0.2) is 0 Å². The Morgan fingerprint density at radius 3 is 2.17 bits per heavy atom. The van der Waals surface area contributed by atoms with Crippen molar-refractivity contribution >= 4 is 23.9 Å². The van der Waals surface area contributed by atoms with Gasteiger partial charge in [-0.05, 0) is 86.6 Å². The monoisotopic (exact) mass is 480 g/mol. The smallest absolute Gasteiger partial charge is 0.292 e. The van der Waals surface area contributed by atoms with Crippen molar-refractivity contribution < 1.29 is 23.9 Å². The molecular formula is C28H36N2O5. The van der Waals surface area contributed by atoms with E-state index in [1.807, 2.05) is 51.1 Å². The zero-order chi connectivity index (χ0) is 26.2. The van der Waals surface area contributed by atoms with E-state index in [-0.39, 0.29) is 11.3 Å². The number of amides is 1. The van der Waals surface area contributed by atoms with Gasteiger partial charge in [0.1, 0.15) is 17.3 Å². The third-order valence-corrected chi connectivity index (χ3v) is 6.10. The van der Waals surface area contributed by atoms with Gasteiger partial charge in [-0.15, -0.1) is 0 Å². The molecule has 7 nitrogen and oxygen atoms in total. The van der Waals surface area contributed by atoms with Gasteiger partial charge in [0.25, 0.3) is 12.4 Å². The second kappa shape index (κ2) is 12.2. The second-order valence-corrected chi connectivity index (χ2v) is 8.79. The van der Waals surface area contributed by atoms with Gasteiger partial charge in [-0.1, -0.05) is 19.6 Å². The maximum atomic E-state index is 12.8. The number of Topliss-reactive ketones (excluding diaryl/α,β-unsaturated/α-hetero) is 1. The third-order valence-electron chi connectivity index (χ3n) is 6.10. The van der Waals surface area contributed by atoms with Crippen LogP contribution in [0.25, 0.3) is 0 Å². The van der Waals surface area contributed by atoms with E-state index in [0.29, 0.717) is 30.1 Å². The van der Waals surface area contributed by atoms with Crippen LogP contribution in [-0.4, -0.2) is 32.3 Å². The maximum Gasteiger partial charge on any atom is 0.292 e. The molecule has 1 amide bonds. The Labute approximate surface area is 207 Å². The number of likely N-dealkylation sites (N-methyl/N-ethyl adjacent to an activating group) is 1. The van der Waals surface area contributed by atoms with E-state index in [2.05, 4.69) is 28.9 Å². The lowest BCUT2D eigenvalue weighted by molar-refractivity contribution is -0.126. The van der Waals surface area contributed by atoms with Crippen molar-refractivity contribution in [3.63, 3.8) is 0 Å². The quantitative estimate of drug-likeness (QED) is 0.356. The molecular weight excluding hydrogens is 444 g/mol. The van der Waals surface area contributed by atoms with Crippen LogP contribution < -0.4 is 15.4 Å². The fourth-order valence-corrected chi connectivity index (χ4v) is 4.09. The van der Waals surface area contributed by atoms with Gasteiger partial charge in [-0.2, -0.15) is 0 Å². The Kier molecular flexibility index (Phi) is 9.63. The molecule has 0 unspecified atom stereocenters. The standard InChI is InChI=1S/C26H32N2O3.C2H4O2/c1-7-8-23(29)26(11-12-26)22-15-21(10-9-16(22)2)31-24-17(3)13-20(14-18(24)4)28-25(30)19(5)27-6;1-4-2-3/h9-10,13-15,27H,5,7-8,11-12H2,1-4,6H3,(H,28,30);2H,1H3. The molecule has 0 aliphatic heterocycles. The zero-order valence-electron chi connectivity index (χ0n) is 21.5. The lowest BCUT2D eigenvalue weighted by Gasteiger charge is -2.19. The molecule has 0 heterocycles. The molecule has 2 aromatic rings. The third kappa shape index (κ3) is 6.72. The number of benzene rings is 2. The molecule has 0 bridgehead atoms.